The highest BCUT2D eigenvalue weighted by atomic mass is 19.1. The summed E-state index contributed by atoms with van der Waals surface area (Å²) in [4.78, 5) is 14.0. The van der Waals surface area contributed by atoms with Crippen molar-refractivity contribution in [1.82, 2.24) is 10.2 Å². The van der Waals surface area contributed by atoms with Crippen LogP contribution in [-0.2, 0) is 0 Å². The summed E-state index contributed by atoms with van der Waals surface area (Å²) in [5, 5.41) is 2.66. The number of amides is 1. The van der Waals surface area contributed by atoms with Crippen LogP contribution in [-0.4, -0.2) is 37.0 Å². The van der Waals surface area contributed by atoms with Crippen molar-refractivity contribution in [3.05, 3.63) is 29.3 Å². The Labute approximate surface area is 110 Å². The molecule has 1 aliphatic heterocycles. The Bertz CT molecular complexity index is 493. The van der Waals surface area contributed by atoms with E-state index in [1.54, 1.807) is 0 Å². The zero-order valence-electron chi connectivity index (χ0n) is 10.7. The SMILES string of the molecule is CN1CCCC1CNC(=O)c1cc(N)c(F)cc1F. The molecule has 0 aromatic heterocycles. The topological polar surface area (TPSA) is 58.4 Å². The van der Waals surface area contributed by atoms with Crippen LogP contribution in [0.3, 0.4) is 0 Å². The molecule has 1 aromatic rings. The van der Waals surface area contributed by atoms with Crippen molar-refractivity contribution < 1.29 is 13.6 Å². The minimum Gasteiger partial charge on any atom is -0.396 e. The van der Waals surface area contributed by atoms with Crippen LogP contribution in [0.15, 0.2) is 12.1 Å². The van der Waals surface area contributed by atoms with Crippen molar-refractivity contribution in [2.24, 2.45) is 0 Å². The molecule has 6 heteroatoms. The maximum atomic E-state index is 13.5. The van der Waals surface area contributed by atoms with Crippen LogP contribution in [0, 0.1) is 11.6 Å². The van der Waals surface area contributed by atoms with E-state index in [1.165, 1.54) is 0 Å². The summed E-state index contributed by atoms with van der Waals surface area (Å²) < 4.78 is 26.5. The van der Waals surface area contributed by atoms with E-state index in [4.69, 9.17) is 5.73 Å². The Morgan fingerprint density at radius 2 is 2.21 bits per heavy atom. The number of anilines is 1. The molecule has 104 valence electrons. The molecular formula is C13H17F2N3O. The van der Waals surface area contributed by atoms with Gasteiger partial charge in [0.25, 0.3) is 5.91 Å². The lowest BCUT2D eigenvalue weighted by Gasteiger charge is -2.19. The van der Waals surface area contributed by atoms with Crippen LogP contribution in [0.1, 0.15) is 23.2 Å². The Balaban J connectivity index is 2.02. The van der Waals surface area contributed by atoms with E-state index in [2.05, 4.69) is 10.2 Å². The average Bonchev–Trinajstić information content (AvgIpc) is 2.76. The zero-order valence-corrected chi connectivity index (χ0v) is 10.7. The third kappa shape index (κ3) is 3.01. The quantitative estimate of drug-likeness (QED) is 0.815. The van der Waals surface area contributed by atoms with Crippen molar-refractivity contribution in [3.8, 4) is 0 Å². The van der Waals surface area contributed by atoms with Gasteiger partial charge in [0.05, 0.1) is 11.3 Å². The average molecular weight is 269 g/mol. The van der Waals surface area contributed by atoms with Gasteiger partial charge in [-0.25, -0.2) is 8.78 Å². The molecule has 1 fully saturated rings. The van der Waals surface area contributed by atoms with Crippen molar-refractivity contribution >= 4 is 11.6 Å². The maximum Gasteiger partial charge on any atom is 0.254 e. The van der Waals surface area contributed by atoms with Gasteiger partial charge >= 0.3 is 0 Å². The van der Waals surface area contributed by atoms with Crippen LogP contribution in [0.2, 0.25) is 0 Å². The van der Waals surface area contributed by atoms with Gasteiger partial charge in [-0.15, -0.1) is 0 Å². The second kappa shape index (κ2) is 5.52. The van der Waals surface area contributed by atoms with E-state index in [0.717, 1.165) is 25.5 Å². The first-order valence-electron chi connectivity index (χ1n) is 6.22. The lowest BCUT2D eigenvalue weighted by molar-refractivity contribution is 0.0939. The number of nitrogens with two attached hydrogens (primary N) is 1. The Morgan fingerprint density at radius 3 is 2.84 bits per heavy atom. The fraction of sp³-hybridized carbons (Fsp3) is 0.462. The van der Waals surface area contributed by atoms with E-state index in [0.29, 0.717) is 12.6 Å². The molecule has 0 radical (unpaired) electrons. The summed E-state index contributed by atoms with van der Waals surface area (Å²) in [6, 6.07) is 1.93. The number of nitrogens with zero attached hydrogens (tertiary/aromatic N) is 1. The number of benzene rings is 1. The summed E-state index contributed by atoms with van der Waals surface area (Å²) in [5.74, 6) is -2.32. The fourth-order valence-electron chi connectivity index (χ4n) is 2.28. The first-order chi connectivity index (χ1) is 8.99. The molecule has 1 aromatic carbocycles. The molecule has 0 aliphatic carbocycles. The first-order valence-corrected chi connectivity index (χ1v) is 6.22. The largest absolute Gasteiger partial charge is 0.396 e. The maximum absolute atomic E-state index is 13.5. The molecule has 1 unspecified atom stereocenters. The minimum absolute atomic E-state index is 0.223. The lowest BCUT2D eigenvalue weighted by atomic mass is 10.1. The minimum atomic E-state index is -0.899. The highest BCUT2D eigenvalue weighted by molar-refractivity contribution is 5.95. The molecule has 0 spiro atoms. The fourth-order valence-corrected chi connectivity index (χ4v) is 2.28. The number of hydrogen-bond donors (Lipinski definition) is 2. The van der Waals surface area contributed by atoms with E-state index >= 15 is 0 Å². The number of halogens is 2. The first kappa shape index (κ1) is 13.7. The number of nitrogens with one attached hydrogen (secondary N) is 1. The standard InChI is InChI=1S/C13H17F2N3O/c1-18-4-2-3-8(18)7-17-13(19)9-5-12(16)11(15)6-10(9)14/h5-6,8H,2-4,7,16H2,1H3,(H,17,19). The normalized spacial score (nSPS) is 19.6. The second-order valence-corrected chi connectivity index (χ2v) is 4.84. The molecule has 3 N–H and O–H groups in total. The van der Waals surface area contributed by atoms with Crippen molar-refractivity contribution in [1.29, 1.82) is 0 Å². The molecule has 1 aliphatic rings. The van der Waals surface area contributed by atoms with Crippen LogP contribution in [0.25, 0.3) is 0 Å². The third-order valence-corrected chi connectivity index (χ3v) is 3.50. The molecule has 1 amide bonds. The summed E-state index contributed by atoms with van der Waals surface area (Å²) in [5.41, 5.74) is 4.88. The van der Waals surface area contributed by atoms with Gasteiger partial charge in [0.1, 0.15) is 11.6 Å². The van der Waals surface area contributed by atoms with Crippen molar-refractivity contribution in [2.75, 3.05) is 25.9 Å². The van der Waals surface area contributed by atoms with Crippen LogP contribution in [0.5, 0.6) is 0 Å². The highest BCUT2D eigenvalue weighted by Crippen LogP contribution is 2.17. The Kier molecular flexibility index (Phi) is 3.99. The molecule has 0 saturated carbocycles. The number of nitrogen functional groups attached to an aromatic ring is 1. The predicted octanol–water partition coefficient (Wildman–Crippen LogP) is 1.37. The summed E-state index contributed by atoms with van der Waals surface area (Å²) in [6.45, 7) is 1.45. The van der Waals surface area contributed by atoms with Gasteiger partial charge in [-0.1, -0.05) is 0 Å². The monoisotopic (exact) mass is 269 g/mol. The number of rotatable bonds is 3. The molecule has 19 heavy (non-hydrogen) atoms. The van der Waals surface area contributed by atoms with Crippen molar-refractivity contribution in [2.45, 2.75) is 18.9 Å². The van der Waals surface area contributed by atoms with E-state index < -0.39 is 17.5 Å². The van der Waals surface area contributed by atoms with Gasteiger partial charge in [0.2, 0.25) is 0 Å². The number of hydrogen-bond acceptors (Lipinski definition) is 3. The summed E-state index contributed by atoms with van der Waals surface area (Å²) >= 11 is 0. The van der Waals surface area contributed by atoms with Gasteiger partial charge in [-0.3, -0.25) is 4.79 Å². The van der Waals surface area contributed by atoms with Crippen LogP contribution >= 0.6 is 0 Å². The smallest absolute Gasteiger partial charge is 0.254 e. The van der Waals surface area contributed by atoms with Crippen molar-refractivity contribution in [3.63, 3.8) is 0 Å². The predicted molar refractivity (Wildman–Crippen MR) is 68.8 cm³/mol. The zero-order chi connectivity index (χ0) is 14.0. The number of likely N-dealkylation sites (tertiary alicyclic amines) is 1. The molecule has 4 nitrogen and oxygen atoms in total. The van der Waals surface area contributed by atoms with Crippen LogP contribution < -0.4 is 11.1 Å². The molecular weight excluding hydrogens is 252 g/mol. The molecule has 1 saturated heterocycles. The lowest BCUT2D eigenvalue weighted by Crippen LogP contribution is -2.38. The van der Waals surface area contributed by atoms with Gasteiger partial charge < -0.3 is 16.0 Å². The van der Waals surface area contributed by atoms with Gasteiger partial charge in [0.15, 0.2) is 0 Å². The second-order valence-electron chi connectivity index (χ2n) is 4.84. The number of carbonyl (C=O) groups excluding carboxylic acids is 1. The van der Waals surface area contributed by atoms with Gasteiger partial charge in [0, 0.05) is 18.7 Å². The summed E-state index contributed by atoms with van der Waals surface area (Å²) in [7, 11) is 1.99. The van der Waals surface area contributed by atoms with Gasteiger partial charge in [-0.2, -0.15) is 0 Å². The highest BCUT2D eigenvalue weighted by Gasteiger charge is 2.22. The van der Waals surface area contributed by atoms with E-state index in [-0.39, 0.29) is 17.3 Å². The molecule has 1 heterocycles. The Morgan fingerprint density at radius 1 is 1.47 bits per heavy atom. The summed E-state index contributed by atoms with van der Waals surface area (Å²) in [6.07, 6.45) is 2.10. The van der Waals surface area contributed by atoms with E-state index in [9.17, 15) is 13.6 Å². The molecule has 0 bridgehead atoms. The van der Waals surface area contributed by atoms with Gasteiger partial charge in [-0.05, 0) is 32.5 Å². The number of likely N-dealkylation sites (N-methyl/N-ethyl adjacent to an activating group) is 1. The third-order valence-electron chi connectivity index (χ3n) is 3.50. The van der Waals surface area contributed by atoms with Crippen LogP contribution in [0.4, 0.5) is 14.5 Å². The number of carbonyl (C=O) groups is 1. The molecule has 2 rings (SSSR count). The Hall–Kier alpha value is -1.69. The molecule has 1 atom stereocenters. The van der Waals surface area contributed by atoms with E-state index in [1.807, 2.05) is 7.05 Å².